The lowest BCUT2D eigenvalue weighted by Gasteiger charge is -2.35. The van der Waals surface area contributed by atoms with Gasteiger partial charge in [-0.1, -0.05) is 6.92 Å². The molecule has 1 saturated heterocycles. The Morgan fingerprint density at radius 1 is 1.59 bits per heavy atom. The maximum absolute atomic E-state index is 12.5. The van der Waals surface area contributed by atoms with Gasteiger partial charge in [0.05, 0.1) is 3.79 Å². The molecule has 94 valence electrons. The smallest absolute Gasteiger partial charge is 0.145 e. The van der Waals surface area contributed by atoms with Crippen molar-refractivity contribution in [2.45, 2.75) is 32.6 Å². The molecule has 1 aromatic heterocycles. The van der Waals surface area contributed by atoms with Crippen LogP contribution in [0.4, 0.5) is 0 Å². The molecule has 17 heavy (non-hydrogen) atoms. The molecule has 1 unspecified atom stereocenters. The minimum Gasteiger partial charge on any atom is -0.316 e. The molecular formula is C13H18BrNOS. The summed E-state index contributed by atoms with van der Waals surface area (Å²) in [6.45, 7) is 4.05. The number of nitrogens with one attached hydrogen (secondary N) is 1. The lowest BCUT2D eigenvalue weighted by Crippen LogP contribution is -2.45. The SMILES string of the molecule is CCC1(C(=O)Cc2ccc(Br)s2)CCCNC1. The summed E-state index contributed by atoms with van der Waals surface area (Å²) >= 11 is 5.11. The lowest BCUT2D eigenvalue weighted by molar-refractivity contribution is -0.129. The van der Waals surface area contributed by atoms with Crippen molar-refractivity contribution < 1.29 is 4.79 Å². The van der Waals surface area contributed by atoms with Crippen LogP contribution < -0.4 is 5.32 Å². The zero-order valence-corrected chi connectivity index (χ0v) is 12.5. The Morgan fingerprint density at radius 2 is 2.41 bits per heavy atom. The highest BCUT2D eigenvalue weighted by Crippen LogP contribution is 2.33. The number of carbonyl (C=O) groups excluding carboxylic acids is 1. The first-order valence-electron chi connectivity index (χ1n) is 6.14. The molecular weight excluding hydrogens is 298 g/mol. The minimum atomic E-state index is -0.116. The van der Waals surface area contributed by atoms with Crippen LogP contribution in [0.1, 0.15) is 31.1 Å². The molecule has 0 radical (unpaired) electrons. The van der Waals surface area contributed by atoms with Gasteiger partial charge >= 0.3 is 0 Å². The van der Waals surface area contributed by atoms with Crippen molar-refractivity contribution in [1.29, 1.82) is 0 Å². The maximum atomic E-state index is 12.5. The van der Waals surface area contributed by atoms with E-state index in [-0.39, 0.29) is 5.41 Å². The Balaban J connectivity index is 2.07. The number of thiophene rings is 1. The van der Waals surface area contributed by atoms with Crippen molar-refractivity contribution >= 4 is 33.0 Å². The molecule has 0 bridgehead atoms. The third-order valence-electron chi connectivity index (χ3n) is 3.70. The number of hydrogen-bond donors (Lipinski definition) is 1. The Labute approximate surface area is 115 Å². The predicted octanol–water partition coefficient (Wildman–Crippen LogP) is 3.40. The molecule has 2 rings (SSSR count). The number of piperidine rings is 1. The van der Waals surface area contributed by atoms with Crippen LogP contribution in [-0.2, 0) is 11.2 Å². The minimum absolute atomic E-state index is 0.116. The van der Waals surface area contributed by atoms with E-state index in [9.17, 15) is 4.79 Å². The van der Waals surface area contributed by atoms with Gasteiger partial charge in [-0.2, -0.15) is 0 Å². The van der Waals surface area contributed by atoms with Gasteiger partial charge < -0.3 is 5.32 Å². The van der Waals surface area contributed by atoms with Gasteiger partial charge in [-0.15, -0.1) is 11.3 Å². The van der Waals surface area contributed by atoms with E-state index in [1.165, 1.54) is 4.88 Å². The summed E-state index contributed by atoms with van der Waals surface area (Å²) in [6.07, 6.45) is 3.70. The number of halogens is 1. The second kappa shape index (κ2) is 5.63. The highest BCUT2D eigenvalue weighted by molar-refractivity contribution is 9.11. The van der Waals surface area contributed by atoms with Crippen molar-refractivity contribution in [3.8, 4) is 0 Å². The first-order valence-corrected chi connectivity index (χ1v) is 7.75. The Hall–Kier alpha value is -0.190. The largest absolute Gasteiger partial charge is 0.316 e. The molecule has 0 aromatic carbocycles. The van der Waals surface area contributed by atoms with Gasteiger partial charge in [-0.25, -0.2) is 0 Å². The monoisotopic (exact) mass is 315 g/mol. The molecule has 1 fully saturated rings. The van der Waals surface area contributed by atoms with E-state index < -0.39 is 0 Å². The highest BCUT2D eigenvalue weighted by Gasteiger charge is 2.37. The topological polar surface area (TPSA) is 29.1 Å². The highest BCUT2D eigenvalue weighted by atomic mass is 79.9. The van der Waals surface area contributed by atoms with E-state index in [0.717, 1.165) is 36.1 Å². The third-order valence-corrected chi connectivity index (χ3v) is 5.33. The van der Waals surface area contributed by atoms with Crippen LogP contribution in [0, 0.1) is 5.41 Å². The van der Waals surface area contributed by atoms with Crippen LogP contribution in [0.2, 0.25) is 0 Å². The number of rotatable bonds is 4. The van der Waals surface area contributed by atoms with Gasteiger partial charge in [0.2, 0.25) is 0 Å². The van der Waals surface area contributed by atoms with Gasteiger partial charge in [0.25, 0.3) is 0 Å². The second-order valence-corrected chi connectivity index (χ2v) is 7.27. The van der Waals surface area contributed by atoms with Crippen LogP contribution >= 0.6 is 27.3 Å². The first-order chi connectivity index (χ1) is 8.16. The predicted molar refractivity (Wildman–Crippen MR) is 75.6 cm³/mol. The molecule has 4 heteroatoms. The van der Waals surface area contributed by atoms with Gasteiger partial charge in [-0.3, -0.25) is 4.79 Å². The fraction of sp³-hybridized carbons (Fsp3) is 0.615. The van der Waals surface area contributed by atoms with Gasteiger partial charge in [0.1, 0.15) is 5.78 Å². The molecule has 2 nitrogen and oxygen atoms in total. The molecule has 1 aliphatic rings. The summed E-state index contributed by atoms with van der Waals surface area (Å²) in [7, 11) is 0. The maximum Gasteiger partial charge on any atom is 0.145 e. The van der Waals surface area contributed by atoms with E-state index >= 15 is 0 Å². The standard InChI is InChI=1S/C13H18BrNOS/c1-2-13(6-3-7-15-9-13)11(16)8-10-4-5-12(14)17-10/h4-5,15H,2-3,6-9H2,1H3. The number of ketones is 1. The van der Waals surface area contributed by atoms with Gasteiger partial charge in [-0.05, 0) is 53.9 Å². The van der Waals surface area contributed by atoms with Crippen LogP contribution in [0.25, 0.3) is 0 Å². The van der Waals surface area contributed by atoms with E-state index in [0.29, 0.717) is 12.2 Å². The van der Waals surface area contributed by atoms with Crippen molar-refractivity contribution in [2.24, 2.45) is 5.41 Å². The number of hydrogen-bond acceptors (Lipinski definition) is 3. The van der Waals surface area contributed by atoms with E-state index in [4.69, 9.17) is 0 Å². The molecule has 1 atom stereocenters. The third kappa shape index (κ3) is 2.98. The molecule has 2 heterocycles. The molecule has 0 aliphatic carbocycles. The molecule has 1 aliphatic heterocycles. The van der Waals surface area contributed by atoms with Crippen molar-refractivity contribution in [3.05, 3.63) is 20.8 Å². The van der Waals surface area contributed by atoms with Crippen LogP contribution in [0.15, 0.2) is 15.9 Å². The van der Waals surface area contributed by atoms with Crippen LogP contribution in [-0.4, -0.2) is 18.9 Å². The summed E-state index contributed by atoms with van der Waals surface area (Å²) < 4.78 is 1.10. The number of Topliss-reactive ketones (excluding diaryl/α,β-unsaturated/α-hetero) is 1. The fourth-order valence-electron chi connectivity index (χ4n) is 2.50. The average molecular weight is 316 g/mol. The Kier molecular flexibility index (Phi) is 4.39. The van der Waals surface area contributed by atoms with E-state index in [1.54, 1.807) is 11.3 Å². The summed E-state index contributed by atoms with van der Waals surface area (Å²) in [5.41, 5.74) is -0.116. The quantitative estimate of drug-likeness (QED) is 0.922. The molecule has 1 N–H and O–H groups in total. The van der Waals surface area contributed by atoms with Crippen molar-refractivity contribution in [3.63, 3.8) is 0 Å². The fourth-order valence-corrected chi connectivity index (χ4v) is 3.98. The lowest BCUT2D eigenvalue weighted by atomic mass is 9.74. The molecule has 1 aromatic rings. The average Bonchev–Trinajstić information content (AvgIpc) is 2.75. The van der Waals surface area contributed by atoms with Gasteiger partial charge in [0.15, 0.2) is 0 Å². The van der Waals surface area contributed by atoms with Crippen molar-refractivity contribution in [2.75, 3.05) is 13.1 Å². The molecule has 0 amide bonds. The normalized spacial score (nSPS) is 24.8. The van der Waals surface area contributed by atoms with Crippen LogP contribution in [0.5, 0.6) is 0 Å². The molecule has 0 saturated carbocycles. The summed E-state index contributed by atoms with van der Waals surface area (Å²) in [6, 6.07) is 4.07. The summed E-state index contributed by atoms with van der Waals surface area (Å²) in [5.74, 6) is 0.404. The first kappa shape index (κ1) is 13.2. The molecule has 0 spiro atoms. The van der Waals surface area contributed by atoms with E-state index in [1.807, 2.05) is 12.1 Å². The Morgan fingerprint density at radius 3 is 2.94 bits per heavy atom. The summed E-state index contributed by atoms with van der Waals surface area (Å²) in [5, 5.41) is 3.37. The van der Waals surface area contributed by atoms with Gasteiger partial charge in [0, 0.05) is 23.3 Å². The zero-order chi connectivity index (χ0) is 12.3. The van der Waals surface area contributed by atoms with Crippen LogP contribution in [0.3, 0.4) is 0 Å². The van der Waals surface area contributed by atoms with E-state index in [2.05, 4.69) is 28.2 Å². The Bertz CT molecular complexity index is 396. The summed E-state index contributed by atoms with van der Waals surface area (Å²) in [4.78, 5) is 13.6. The zero-order valence-electron chi connectivity index (χ0n) is 10.1. The number of carbonyl (C=O) groups is 1. The second-order valence-electron chi connectivity index (χ2n) is 4.72. The van der Waals surface area contributed by atoms with Crippen molar-refractivity contribution in [1.82, 2.24) is 5.32 Å².